The van der Waals surface area contributed by atoms with Crippen LogP contribution in [0.4, 0.5) is 5.69 Å². The van der Waals surface area contributed by atoms with Crippen LogP contribution in [-0.4, -0.2) is 38.5 Å². The summed E-state index contributed by atoms with van der Waals surface area (Å²) in [6.45, 7) is 1.85. The van der Waals surface area contributed by atoms with Gasteiger partial charge in [0.15, 0.2) is 0 Å². The quantitative estimate of drug-likeness (QED) is 0.614. The van der Waals surface area contributed by atoms with E-state index in [2.05, 4.69) is 10.6 Å². The number of amides is 2. The molecule has 1 aliphatic rings. The third-order valence-electron chi connectivity index (χ3n) is 3.62. The highest BCUT2D eigenvalue weighted by molar-refractivity contribution is 6.36. The van der Waals surface area contributed by atoms with Crippen molar-refractivity contribution in [3.8, 4) is 0 Å². The SMILES string of the molecule is CNCCCNC(=O)C1CCN(c2cc(Cl)ccc2Cl)C1=O. The standard InChI is InChI=1S/C15H19Cl2N3O2/c1-18-6-2-7-19-14(21)11-5-8-20(15(11)22)13-9-10(16)3-4-12(13)17/h3-4,9,11,18H,2,5-8H2,1H3,(H,19,21). The van der Waals surface area contributed by atoms with Gasteiger partial charge in [0.25, 0.3) is 0 Å². The number of anilines is 1. The van der Waals surface area contributed by atoms with Crippen LogP contribution in [0, 0.1) is 5.92 Å². The van der Waals surface area contributed by atoms with Crippen LogP contribution in [0.2, 0.25) is 10.0 Å². The minimum Gasteiger partial charge on any atom is -0.355 e. The first kappa shape index (κ1) is 17.1. The number of nitrogens with one attached hydrogen (secondary N) is 2. The highest BCUT2D eigenvalue weighted by Gasteiger charge is 2.38. The summed E-state index contributed by atoms with van der Waals surface area (Å²) >= 11 is 12.1. The molecule has 2 rings (SSSR count). The van der Waals surface area contributed by atoms with Gasteiger partial charge in [-0.25, -0.2) is 0 Å². The number of carbonyl (C=O) groups excluding carboxylic acids is 2. The van der Waals surface area contributed by atoms with Crippen molar-refractivity contribution >= 4 is 40.7 Å². The molecule has 5 nitrogen and oxygen atoms in total. The Balaban J connectivity index is 2.00. The summed E-state index contributed by atoms with van der Waals surface area (Å²) in [5, 5.41) is 6.77. The summed E-state index contributed by atoms with van der Waals surface area (Å²) in [7, 11) is 1.86. The van der Waals surface area contributed by atoms with E-state index in [4.69, 9.17) is 23.2 Å². The van der Waals surface area contributed by atoms with Crippen LogP contribution in [-0.2, 0) is 9.59 Å². The lowest BCUT2D eigenvalue weighted by atomic mass is 10.1. The molecule has 2 N–H and O–H groups in total. The molecule has 1 heterocycles. The van der Waals surface area contributed by atoms with Gasteiger partial charge in [-0.3, -0.25) is 9.59 Å². The molecule has 0 spiro atoms. The molecule has 22 heavy (non-hydrogen) atoms. The van der Waals surface area contributed by atoms with Crippen LogP contribution in [0.5, 0.6) is 0 Å². The van der Waals surface area contributed by atoms with Crippen LogP contribution >= 0.6 is 23.2 Å². The van der Waals surface area contributed by atoms with Crippen molar-refractivity contribution < 1.29 is 9.59 Å². The van der Waals surface area contributed by atoms with Gasteiger partial charge >= 0.3 is 0 Å². The first-order chi connectivity index (χ1) is 10.5. The van der Waals surface area contributed by atoms with Gasteiger partial charge in [-0.15, -0.1) is 0 Å². The molecule has 0 bridgehead atoms. The van der Waals surface area contributed by atoms with E-state index in [-0.39, 0.29) is 11.8 Å². The molecule has 0 aliphatic carbocycles. The third kappa shape index (κ3) is 3.91. The zero-order valence-electron chi connectivity index (χ0n) is 12.4. The predicted molar refractivity (Wildman–Crippen MR) is 88.5 cm³/mol. The van der Waals surface area contributed by atoms with E-state index in [1.54, 1.807) is 18.2 Å². The van der Waals surface area contributed by atoms with Crippen LogP contribution in [0.25, 0.3) is 0 Å². The Bertz CT molecular complexity index is 566. The maximum atomic E-state index is 12.5. The molecule has 1 aliphatic heterocycles. The fraction of sp³-hybridized carbons (Fsp3) is 0.467. The highest BCUT2D eigenvalue weighted by Crippen LogP contribution is 2.33. The van der Waals surface area contributed by atoms with Gasteiger partial charge in [-0.1, -0.05) is 23.2 Å². The van der Waals surface area contributed by atoms with E-state index in [1.807, 2.05) is 7.05 Å². The number of nitrogens with zero attached hydrogens (tertiary/aromatic N) is 1. The molecule has 1 saturated heterocycles. The molecule has 1 fully saturated rings. The lowest BCUT2D eigenvalue weighted by Crippen LogP contribution is -2.37. The maximum Gasteiger partial charge on any atom is 0.239 e. The summed E-state index contributed by atoms with van der Waals surface area (Å²) in [4.78, 5) is 26.1. The summed E-state index contributed by atoms with van der Waals surface area (Å²) in [5.41, 5.74) is 0.560. The van der Waals surface area contributed by atoms with Crippen molar-refractivity contribution in [2.75, 3.05) is 31.6 Å². The van der Waals surface area contributed by atoms with Gasteiger partial charge in [0.2, 0.25) is 11.8 Å². The molecule has 1 aromatic carbocycles. The molecule has 0 saturated carbocycles. The molecule has 7 heteroatoms. The second-order valence-corrected chi connectivity index (χ2v) is 6.02. The smallest absolute Gasteiger partial charge is 0.239 e. The van der Waals surface area contributed by atoms with Gasteiger partial charge < -0.3 is 15.5 Å². The molecule has 0 aromatic heterocycles. The Morgan fingerprint density at radius 3 is 2.86 bits per heavy atom. The van der Waals surface area contributed by atoms with Crippen LogP contribution in [0.1, 0.15) is 12.8 Å². The Kier molecular flexibility index (Phi) is 6.06. The predicted octanol–water partition coefficient (Wildman–Crippen LogP) is 2.07. The minimum atomic E-state index is -0.648. The number of hydrogen-bond donors (Lipinski definition) is 2. The number of hydrogen-bond acceptors (Lipinski definition) is 3. The van der Waals surface area contributed by atoms with Crippen molar-refractivity contribution in [2.45, 2.75) is 12.8 Å². The fourth-order valence-electron chi connectivity index (χ4n) is 2.46. The first-order valence-corrected chi connectivity index (χ1v) is 7.99. The lowest BCUT2D eigenvalue weighted by Gasteiger charge is -2.18. The van der Waals surface area contributed by atoms with Crippen molar-refractivity contribution in [3.05, 3.63) is 28.2 Å². The number of halogens is 2. The largest absolute Gasteiger partial charge is 0.355 e. The Labute approximate surface area is 139 Å². The van der Waals surface area contributed by atoms with Crippen molar-refractivity contribution in [1.82, 2.24) is 10.6 Å². The van der Waals surface area contributed by atoms with Gasteiger partial charge in [0.05, 0.1) is 10.7 Å². The monoisotopic (exact) mass is 343 g/mol. The average molecular weight is 344 g/mol. The van der Waals surface area contributed by atoms with E-state index < -0.39 is 5.92 Å². The van der Waals surface area contributed by atoms with E-state index in [0.29, 0.717) is 35.2 Å². The van der Waals surface area contributed by atoms with Crippen LogP contribution in [0.3, 0.4) is 0 Å². The Morgan fingerprint density at radius 1 is 1.36 bits per heavy atom. The second-order valence-electron chi connectivity index (χ2n) is 5.18. The van der Waals surface area contributed by atoms with Gasteiger partial charge in [-0.2, -0.15) is 0 Å². The van der Waals surface area contributed by atoms with Crippen molar-refractivity contribution in [2.24, 2.45) is 5.92 Å². The topological polar surface area (TPSA) is 61.4 Å². The minimum absolute atomic E-state index is 0.221. The number of benzene rings is 1. The molecule has 120 valence electrons. The van der Waals surface area contributed by atoms with Gasteiger partial charge in [-0.05, 0) is 44.6 Å². The van der Waals surface area contributed by atoms with Gasteiger partial charge in [0, 0.05) is 18.1 Å². The first-order valence-electron chi connectivity index (χ1n) is 7.23. The molecular formula is C15H19Cl2N3O2. The zero-order valence-corrected chi connectivity index (χ0v) is 13.9. The lowest BCUT2D eigenvalue weighted by molar-refractivity contribution is -0.132. The molecule has 2 amide bonds. The van der Waals surface area contributed by atoms with Gasteiger partial charge in [0.1, 0.15) is 5.92 Å². The summed E-state index contributed by atoms with van der Waals surface area (Å²) < 4.78 is 0. The maximum absolute atomic E-state index is 12.5. The van der Waals surface area contributed by atoms with Crippen molar-refractivity contribution in [1.29, 1.82) is 0 Å². The zero-order chi connectivity index (χ0) is 16.1. The molecular weight excluding hydrogens is 325 g/mol. The second kappa shape index (κ2) is 7.81. The Morgan fingerprint density at radius 2 is 2.14 bits per heavy atom. The van der Waals surface area contributed by atoms with E-state index >= 15 is 0 Å². The number of rotatable bonds is 6. The van der Waals surface area contributed by atoms with Crippen molar-refractivity contribution in [3.63, 3.8) is 0 Å². The van der Waals surface area contributed by atoms with E-state index in [0.717, 1.165) is 13.0 Å². The van der Waals surface area contributed by atoms with Crippen LogP contribution in [0.15, 0.2) is 18.2 Å². The highest BCUT2D eigenvalue weighted by atomic mass is 35.5. The third-order valence-corrected chi connectivity index (χ3v) is 4.18. The summed E-state index contributed by atoms with van der Waals surface area (Å²) in [5.74, 6) is -1.10. The average Bonchev–Trinajstić information content (AvgIpc) is 2.87. The molecule has 1 atom stereocenters. The van der Waals surface area contributed by atoms with E-state index in [9.17, 15) is 9.59 Å². The fourth-order valence-corrected chi connectivity index (χ4v) is 2.84. The summed E-state index contributed by atoms with van der Waals surface area (Å²) in [6.07, 6.45) is 1.31. The Hall–Kier alpha value is -1.30. The number of carbonyl (C=O) groups is 2. The molecule has 0 radical (unpaired) electrons. The summed E-state index contributed by atoms with van der Waals surface area (Å²) in [6, 6.07) is 4.96. The normalized spacial score (nSPS) is 17.9. The molecule has 1 unspecified atom stereocenters. The van der Waals surface area contributed by atoms with E-state index in [1.165, 1.54) is 4.90 Å². The molecule has 1 aromatic rings. The van der Waals surface area contributed by atoms with Crippen LogP contribution < -0.4 is 15.5 Å².